The maximum atomic E-state index is 5.08. The van der Waals surface area contributed by atoms with Gasteiger partial charge in [0, 0.05) is 26.3 Å². The molecule has 0 bridgehead atoms. The molecule has 0 fully saturated rings. The van der Waals surface area contributed by atoms with Gasteiger partial charge in [-0.15, -0.1) is 0 Å². The Morgan fingerprint density at radius 2 is 1.76 bits per heavy atom. The monoisotopic (exact) mass is 235 g/mol. The first-order chi connectivity index (χ1) is 8.04. The molecule has 96 valence electrons. The molecule has 1 aromatic carbocycles. The molecule has 0 saturated heterocycles. The Bertz CT molecular complexity index is 360. The van der Waals surface area contributed by atoms with E-state index in [1.165, 1.54) is 22.3 Å². The molecule has 2 nitrogen and oxygen atoms in total. The molecule has 1 aromatic rings. The summed E-state index contributed by atoms with van der Waals surface area (Å²) in [5, 5.41) is 3.54. The van der Waals surface area contributed by atoms with E-state index in [9.17, 15) is 0 Å². The first-order valence-electron chi connectivity index (χ1n) is 6.33. The summed E-state index contributed by atoms with van der Waals surface area (Å²) in [6.07, 6.45) is 1.06. The van der Waals surface area contributed by atoms with Gasteiger partial charge in [-0.05, 0) is 56.4 Å². The van der Waals surface area contributed by atoms with E-state index < -0.39 is 0 Å². The Morgan fingerprint density at radius 3 is 2.41 bits per heavy atom. The highest BCUT2D eigenvalue weighted by atomic mass is 16.5. The predicted molar refractivity (Wildman–Crippen MR) is 73.4 cm³/mol. The Morgan fingerprint density at radius 1 is 1.12 bits per heavy atom. The van der Waals surface area contributed by atoms with Crippen molar-refractivity contribution in [1.29, 1.82) is 0 Å². The molecular formula is C15H25NO. The molecule has 17 heavy (non-hydrogen) atoms. The van der Waals surface area contributed by atoms with Gasteiger partial charge in [-0.1, -0.05) is 12.1 Å². The third-order valence-corrected chi connectivity index (χ3v) is 3.35. The molecule has 0 spiro atoms. The second-order valence-electron chi connectivity index (χ2n) is 4.93. The quantitative estimate of drug-likeness (QED) is 0.818. The first kappa shape index (κ1) is 14.2. The van der Waals surface area contributed by atoms with Crippen molar-refractivity contribution in [3.8, 4) is 0 Å². The lowest BCUT2D eigenvalue weighted by molar-refractivity contribution is 0.184. The van der Waals surface area contributed by atoms with Crippen LogP contribution in [0.3, 0.4) is 0 Å². The molecule has 1 N–H and O–H groups in total. The van der Waals surface area contributed by atoms with Crippen LogP contribution in [0.5, 0.6) is 0 Å². The number of ether oxygens (including phenoxy) is 1. The number of aryl methyl sites for hydroxylation is 3. The second-order valence-corrected chi connectivity index (χ2v) is 4.93. The van der Waals surface area contributed by atoms with Gasteiger partial charge in [0.1, 0.15) is 0 Å². The van der Waals surface area contributed by atoms with E-state index in [2.05, 4.69) is 45.1 Å². The van der Waals surface area contributed by atoms with Crippen molar-refractivity contribution in [3.05, 3.63) is 34.4 Å². The lowest BCUT2D eigenvalue weighted by atomic mass is 10.0. The maximum absolute atomic E-state index is 5.08. The lowest BCUT2D eigenvalue weighted by Gasteiger charge is -2.15. The number of hydrogen-bond acceptors (Lipinski definition) is 2. The van der Waals surface area contributed by atoms with Crippen LogP contribution in [0.4, 0.5) is 0 Å². The Labute approximate surface area is 105 Å². The zero-order valence-corrected chi connectivity index (χ0v) is 11.8. The summed E-state index contributed by atoms with van der Waals surface area (Å²) in [6, 6.07) is 5.06. The van der Waals surface area contributed by atoms with Crippen LogP contribution < -0.4 is 5.32 Å². The van der Waals surface area contributed by atoms with Crippen LogP contribution in [0.15, 0.2) is 12.1 Å². The highest BCUT2D eigenvalue weighted by Crippen LogP contribution is 2.15. The third-order valence-electron chi connectivity index (χ3n) is 3.35. The summed E-state index contributed by atoms with van der Waals surface area (Å²) in [6.45, 7) is 10.5. The summed E-state index contributed by atoms with van der Waals surface area (Å²) in [5.41, 5.74) is 5.52. The molecule has 1 atom stereocenters. The minimum Gasteiger partial charge on any atom is -0.385 e. The Kier molecular flexibility index (Phi) is 5.66. The molecule has 0 aromatic heterocycles. The zero-order valence-electron chi connectivity index (χ0n) is 11.8. The number of rotatable bonds is 6. The van der Waals surface area contributed by atoms with Gasteiger partial charge in [0.15, 0.2) is 0 Å². The van der Waals surface area contributed by atoms with Crippen molar-refractivity contribution in [2.45, 2.75) is 46.7 Å². The standard InChI is InChI=1S/C15H25NO/c1-11-8-13(3)15(9-12(11)2)10-16-14(4)6-7-17-5/h8-9,14,16H,6-7,10H2,1-5H3. The second kappa shape index (κ2) is 6.77. The molecule has 1 unspecified atom stereocenters. The van der Waals surface area contributed by atoms with Gasteiger partial charge in [-0.25, -0.2) is 0 Å². The van der Waals surface area contributed by atoms with Gasteiger partial charge < -0.3 is 10.1 Å². The van der Waals surface area contributed by atoms with E-state index in [-0.39, 0.29) is 0 Å². The highest BCUT2D eigenvalue weighted by Gasteiger charge is 2.04. The van der Waals surface area contributed by atoms with Crippen LogP contribution >= 0.6 is 0 Å². The van der Waals surface area contributed by atoms with Crippen molar-refractivity contribution < 1.29 is 4.74 Å². The van der Waals surface area contributed by atoms with E-state index in [1.807, 2.05) is 0 Å². The molecule has 0 heterocycles. The van der Waals surface area contributed by atoms with Gasteiger partial charge in [0.25, 0.3) is 0 Å². The van der Waals surface area contributed by atoms with Gasteiger partial charge in [-0.3, -0.25) is 0 Å². The van der Waals surface area contributed by atoms with Crippen molar-refractivity contribution in [1.82, 2.24) is 5.32 Å². The third kappa shape index (κ3) is 4.49. The summed E-state index contributed by atoms with van der Waals surface area (Å²) >= 11 is 0. The molecule has 0 saturated carbocycles. The topological polar surface area (TPSA) is 21.3 Å². The highest BCUT2D eigenvalue weighted by molar-refractivity contribution is 5.36. The molecule has 0 aliphatic heterocycles. The van der Waals surface area contributed by atoms with Crippen LogP contribution in [-0.4, -0.2) is 19.8 Å². The summed E-state index contributed by atoms with van der Waals surface area (Å²) < 4.78 is 5.08. The molecule has 0 aliphatic carbocycles. The van der Waals surface area contributed by atoms with Crippen LogP contribution in [-0.2, 0) is 11.3 Å². The van der Waals surface area contributed by atoms with E-state index in [4.69, 9.17) is 4.74 Å². The van der Waals surface area contributed by atoms with Crippen molar-refractivity contribution in [2.75, 3.05) is 13.7 Å². The van der Waals surface area contributed by atoms with Crippen molar-refractivity contribution in [2.24, 2.45) is 0 Å². The molecule has 1 rings (SSSR count). The van der Waals surface area contributed by atoms with E-state index in [0.717, 1.165) is 19.6 Å². The predicted octanol–water partition coefficient (Wildman–Crippen LogP) is 3.13. The molecular weight excluding hydrogens is 210 g/mol. The van der Waals surface area contributed by atoms with Crippen LogP contribution in [0.2, 0.25) is 0 Å². The normalized spacial score (nSPS) is 12.8. The first-order valence-corrected chi connectivity index (χ1v) is 6.33. The SMILES string of the molecule is COCCC(C)NCc1cc(C)c(C)cc1C. The maximum Gasteiger partial charge on any atom is 0.0476 e. The number of methoxy groups -OCH3 is 1. The fourth-order valence-corrected chi connectivity index (χ4v) is 1.89. The zero-order chi connectivity index (χ0) is 12.8. The minimum absolute atomic E-state index is 0.496. The number of nitrogens with one attached hydrogen (secondary N) is 1. The van der Waals surface area contributed by atoms with Crippen LogP contribution in [0.1, 0.15) is 35.6 Å². The average molecular weight is 235 g/mol. The number of hydrogen-bond donors (Lipinski definition) is 1. The number of benzene rings is 1. The Balaban J connectivity index is 2.54. The molecule has 0 radical (unpaired) electrons. The van der Waals surface area contributed by atoms with Gasteiger partial charge in [0.05, 0.1) is 0 Å². The molecule has 2 heteroatoms. The van der Waals surface area contributed by atoms with E-state index >= 15 is 0 Å². The summed E-state index contributed by atoms with van der Waals surface area (Å²) in [5.74, 6) is 0. The van der Waals surface area contributed by atoms with Crippen LogP contribution in [0.25, 0.3) is 0 Å². The van der Waals surface area contributed by atoms with Crippen molar-refractivity contribution >= 4 is 0 Å². The van der Waals surface area contributed by atoms with E-state index in [0.29, 0.717) is 6.04 Å². The summed E-state index contributed by atoms with van der Waals surface area (Å²) in [7, 11) is 1.75. The van der Waals surface area contributed by atoms with Crippen LogP contribution in [0, 0.1) is 20.8 Å². The van der Waals surface area contributed by atoms with Crippen molar-refractivity contribution in [3.63, 3.8) is 0 Å². The minimum atomic E-state index is 0.496. The van der Waals surface area contributed by atoms with E-state index in [1.54, 1.807) is 7.11 Å². The lowest BCUT2D eigenvalue weighted by Crippen LogP contribution is -2.27. The van der Waals surface area contributed by atoms with Gasteiger partial charge in [-0.2, -0.15) is 0 Å². The fraction of sp³-hybridized carbons (Fsp3) is 0.600. The summed E-state index contributed by atoms with van der Waals surface area (Å²) in [4.78, 5) is 0. The Hall–Kier alpha value is -0.860. The fourth-order valence-electron chi connectivity index (χ4n) is 1.89. The molecule has 0 aliphatic rings. The van der Waals surface area contributed by atoms with Gasteiger partial charge >= 0.3 is 0 Å². The molecule has 0 amide bonds. The average Bonchev–Trinajstić information content (AvgIpc) is 2.29. The largest absolute Gasteiger partial charge is 0.385 e. The van der Waals surface area contributed by atoms with Gasteiger partial charge in [0.2, 0.25) is 0 Å². The smallest absolute Gasteiger partial charge is 0.0476 e.